The van der Waals surface area contributed by atoms with Crippen molar-refractivity contribution >= 4 is 22.7 Å². The summed E-state index contributed by atoms with van der Waals surface area (Å²) in [7, 11) is 1.88. The molecule has 0 radical (unpaired) electrons. The van der Waals surface area contributed by atoms with Gasteiger partial charge in [0.2, 0.25) is 4.80 Å². The van der Waals surface area contributed by atoms with E-state index in [4.69, 9.17) is 10.1 Å². The molecule has 2 aromatic carbocycles. The second-order valence-electron chi connectivity index (χ2n) is 8.54. The highest BCUT2D eigenvalue weighted by atomic mass is 32.1. The molecule has 0 unspecified atom stereocenters. The molecule has 0 saturated carbocycles. The van der Waals surface area contributed by atoms with Gasteiger partial charge in [-0.2, -0.15) is 5.10 Å². The first-order valence-electron chi connectivity index (χ1n) is 11.1. The van der Waals surface area contributed by atoms with Gasteiger partial charge < -0.3 is 0 Å². The highest BCUT2D eigenvalue weighted by molar-refractivity contribution is 7.07. The summed E-state index contributed by atoms with van der Waals surface area (Å²) in [5, 5.41) is 6.96. The van der Waals surface area contributed by atoms with E-state index in [1.54, 1.807) is 4.68 Å². The Morgan fingerprint density at radius 2 is 1.67 bits per heavy atom. The lowest BCUT2D eigenvalue weighted by Crippen LogP contribution is -2.20. The summed E-state index contributed by atoms with van der Waals surface area (Å²) in [6, 6.07) is 19.8. The Hall–Kier alpha value is -3.45. The number of hydrogen-bond donors (Lipinski definition) is 0. The highest BCUT2D eigenvalue weighted by Gasteiger charge is 2.17. The van der Waals surface area contributed by atoms with E-state index in [0.717, 1.165) is 34.8 Å². The molecule has 6 nitrogen and oxygen atoms in total. The molecule has 7 heteroatoms. The van der Waals surface area contributed by atoms with E-state index in [0.29, 0.717) is 16.4 Å². The van der Waals surface area contributed by atoms with Gasteiger partial charge in [0, 0.05) is 23.7 Å². The first-order valence-corrected chi connectivity index (χ1v) is 11.9. The Morgan fingerprint density at radius 1 is 1.03 bits per heavy atom. The summed E-state index contributed by atoms with van der Waals surface area (Å²) in [5.74, 6) is 0.503. The molecule has 0 fully saturated rings. The third-order valence-corrected chi connectivity index (χ3v) is 6.28. The summed E-state index contributed by atoms with van der Waals surface area (Å²) in [5.41, 5.74) is 4.92. The van der Waals surface area contributed by atoms with E-state index in [2.05, 4.69) is 26.0 Å². The molecule has 0 atom stereocenters. The molecular formula is C26H29N5OS. The topological polar surface area (TPSA) is 56.6 Å². The Morgan fingerprint density at radius 3 is 2.30 bits per heavy atom. The van der Waals surface area contributed by atoms with Crippen molar-refractivity contribution in [1.82, 2.24) is 14.0 Å². The zero-order chi connectivity index (χ0) is 23.5. The van der Waals surface area contributed by atoms with Crippen LogP contribution in [0.3, 0.4) is 0 Å². The molecule has 170 valence electrons. The van der Waals surface area contributed by atoms with Crippen LogP contribution in [0.4, 0.5) is 5.69 Å². The van der Waals surface area contributed by atoms with Crippen LogP contribution in [0, 0.1) is 12.8 Å². The fourth-order valence-corrected chi connectivity index (χ4v) is 4.70. The first kappa shape index (κ1) is 22.7. The van der Waals surface area contributed by atoms with Crippen molar-refractivity contribution in [2.24, 2.45) is 23.1 Å². The van der Waals surface area contributed by atoms with E-state index >= 15 is 0 Å². The van der Waals surface area contributed by atoms with Crippen LogP contribution >= 0.6 is 11.3 Å². The quantitative estimate of drug-likeness (QED) is 0.350. The highest BCUT2D eigenvalue weighted by Crippen LogP contribution is 2.22. The van der Waals surface area contributed by atoms with E-state index < -0.39 is 0 Å². The van der Waals surface area contributed by atoms with E-state index in [-0.39, 0.29) is 5.56 Å². The first-order chi connectivity index (χ1) is 15.9. The molecule has 0 saturated heterocycles. The second-order valence-corrected chi connectivity index (χ2v) is 9.37. The molecule has 0 aliphatic carbocycles. The predicted molar refractivity (Wildman–Crippen MR) is 137 cm³/mol. The number of thiazole rings is 1. The van der Waals surface area contributed by atoms with Crippen molar-refractivity contribution in [3.8, 4) is 16.9 Å². The number of aromatic nitrogens is 3. The zero-order valence-electron chi connectivity index (χ0n) is 19.7. The Balaban J connectivity index is 1.93. The maximum Gasteiger partial charge on any atom is 0.297 e. The SMILES string of the molecule is CC(CC(C)C)=Nn1c(-c2ccccc2)csc1=Nc1c(C)n(C)n(-c2ccccc2)c1=O. The van der Waals surface area contributed by atoms with Gasteiger partial charge in [0.1, 0.15) is 0 Å². The lowest BCUT2D eigenvalue weighted by atomic mass is 10.1. The van der Waals surface area contributed by atoms with Crippen molar-refractivity contribution in [2.45, 2.75) is 34.1 Å². The standard InChI is InChI=1S/C26H29N5OS/c1-18(2)16-19(3)28-30-23(21-12-8-6-9-13-21)17-33-26(30)27-24-20(4)29(5)31(25(24)32)22-14-10-7-11-15-22/h6-15,17-18H,16H2,1-5H3. The van der Waals surface area contributed by atoms with Crippen molar-refractivity contribution in [1.29, 1.82) is 0 Å². The summed E-state index contributed by atoms with van der Waals surface area (Å²) in [6.45, 7) is 8.32. The molecule has 2 aromatic heterocycles. The normalized spacial score (nSPS) is 12.7. The maximum absolute atomic E-state index is 13.4. The lowest BCUT2D eigenvalue weighted by molar-refractivity contribution is 0.630. The maximum atomic E-state index is 13.4. The molecule has 0 N–H and O–H groups in total. The molecule has 4 rings (SSSR count). The van der Waals surface area contributed by atoms with Crippen LogP contribution in [0.1, 0.15) is 32.9 Å². The van der Waals surface area contributed by atoms with Gasteiger partial charge in [-0.1, -0.05) is 62.4 Å². The summed E-state index contributed by atoms with van der Waals surface area (Å²) < 4.78 is 5.37. The monoisotopic (exact) mass is 459 g/mol. The van der Waals surface area contributed by atoms with Crippen LogP contribution in [0.5, 0.6) is 0 Å². The Bertz CT molecular complexity index is 1400. The minimum atomic E-state index is -0.148. The zero-order valence-corrected chi connectivity index (χ0v) is 20.5. The second kappa shape index (κ2) is 9.58. The van der Waals surface area contributed by atoms with E-state index in [1.165, 1.54) is 11.3 Å². The largest absolute Gasteiger partial charge is 0.297 e. The van der Waals surface area contributed by atoms with Crippen LogP contribution in [-0.2, 0) is 7.05 Å². The molecule has 0 aliphatic heterocycles. The number of nitrogens with zero attached hydrogens (tertiary/aromatic N) is 5. The molecule has 0 spiro atoms. The van der Waals surface area contributed by atoms with Crippen LogP contribution in [0.2, 0.25) is 0 Å². The predicted octanol–water partition coefficient (Wildman–Crippen LogP) is 5.52. The summed E-state index contributed by atoms with van der Waals surface area (Å²) in [4.78, 5) is 18.9. The molecule has 2 heterocycles. The van der Waals surface area contributed by atoms with Crippen molar-refractivity contribution in [3.63, 3.8) is 0 Å². The van der Waals surface area contributed by atoms with Crippen LogP contribution in [-0.4, -0.2) is 19.8 Å². The molecule has 33 heavy (non-hydrogen) atoms. The minimum absolute atomic E-state index is 0.148. The molecule has 0 amide bonds. The van der Waals surface area contributed by atoms with Crippen molar-refractivity contribution in [3.05, 3.63) is 86.9 Å². The smallest absolute Gasteiger partial charge is 0.283 e. The molecule has 4 aromatic rings. The van der Waals surface area contributed by atoms with Crippen molar-refractivity contribution < 1.29 is 0 Å². The van der Waals surface area contributed by atoms with Gasteiger partial charge in [-0.15, -0.1) is 11.3 Å². The van der Waals surface area contributed by atoms with E-state index in [1.807, 2.05) is 84.2 Å². The van der Waals surface area contributed by atoms with Crippen molar-refractivity contribution in [2.75, 3.05) is 0 Å². The van der Waals surface area contributed by atoms with Gasteiger partial charge in [0.05, 0.1) is 17.1 Å². The number of hydrogen-bond acceptors (Lipinski definition) is 4. The fraction of sp³-hybridized carbons (Fsp3) is 0.269. The van der Waals surface area contributed by atoms with Crippen LogP contribution in [0.15, 0.2) is 80.9 Å². The van der Waals surface area contributed by atoms with Gasteiger partial charge in [-0.25, -0.2) is 14.4 Å². The third kappa shape index (κ3) is 4.68. The van der Waals surface area contributed by atoms with Gasteiger partial charge in [0.15, 0.2) is 5.69 Å². The molecular weight excluding hydrogens is 430 g/mol. The third-order valence-electron chi connectivity index (χ3n) is 5.46. The number of rotatable bonds is 6. The number of benzene rings is 2. The van der Waals surface area contributed by atoms with Gasteiger partial charge in [-0.05, 0) is 38.3 Å². The Labute approximate surface area is 197 Å². The van der Waals surface area contributed by atoms with Gasteiger partial charge >= 0.3 is 0 Å². The minimum Gasteiger partial charge on any atom is -0.283 e. The Kier molecular flexibility index (Phi) is 6.60. The fourth-order valence-electron chi connectivity index (χ4n) is 3.86. The molecule has 0 bridgehead atoms. The average molecular weight is 460 g/mol. The lowest BCUT2D eigenvalue weighted by Gasteiger charge is -2.07. The van der Waals surface area contributed by atoms with Gasteiger partial charge in [0.25, 0.3) is 5.56 Å². The average Bonchev–Trinajstić information content (AvgIpc) is 3.28. The summed E-state index contributed by atoms with van der Waals surface area (Å²) >= 11 is 1.49. The van der Waals surface area contributed by atoms with Crippen LogP contribution in [0.25, 0.3) is 16.9 Å². The van der Waals surface area contributed by atoms with Gasteiger partial charge in [-0.3, -0.25) is 9.48 Å². The summed E-state index contributed by atoms with van der Waals surface area (Å²) in [6.07, 6.45) is 0.891. The molecule has 0 aliphatic rings. The van der Waals surface area contributed by atoms with Crippen LogP contribution < -0.4 is 10.4 Å². The number of para-hydroxylation sites is 1. The van der Waals surface area contributed by atoms with E-state index in [9.17, 15) is 4.79 Å².